The molecule has 4 heteroatoms. The second-order valence-corrected chi connectivity index (χ2v) is 6.56. The van der Waals surface area contributed by atoms with Crippen molar-refractivity contribution in [3.63, 3.8) is 0 Å². The second-order valence-electron chi connectivity index (χ2n) is 6.56. The van der Waals surface area contributed by atoms with Crippen LogP contribution in [0.2, 0.25) is 0 Å². The predicted octanol–water partition coefficient (Wildman–Crippen LogP) is 1.71. The number of nitrogens with one attached hydrogen (secondary N) is 1. The van der Waals surface area contributed by atoms with E-state index in [9.17, 15) is 4.79 Å². The van der Waals surface area contributed by atoms with E-state index in [0.717, 1.165) is 18.7 Å². The molecule has 0 bridgehead atoms. The third-order valence-corrected chi connectivity index (χ3v) is 4.19. The lowest BCUT2D eigenvalue weighted by atomic mass is 9.87. The summed E-state index contributed by atoms with van der Waals surface area (Å²) in [5.74, 6) is 0.382. The first-order valence-electron chi connectivity index (χ1n) is 7.79. The summed E-state index contributed by atoms with van der Waals surface area (Å²) in [7, 11) is 0. The quantitative estimate of drug-likeness (QED) is 0.838. The van der Waals surface area contributed by atoms with Gasteiger partial charge in [0.25, 0.3) is 0 Å². The van der Waals surface area contributed by atoms with Crippen LogP contribution in [-0.4, -0.2) is 36.5 Å². The molecule has 1 aromatic rings. The molecule has 0 saturated carbocycles. The number of hydrogen-bond acceptors (Lipinski definition) is 3. The lowest BCUT2D eigenvalue weighted by Crippen LogP contribution is -2.60. The van der Waals surface area contributed by atoms with Gasteiger partial charge in [-0.3, -0.25) is 10.1 Å². The summed E-state index contributed by atoms with van der Waals surface area (Å²) in [5, 5.41) is 3.43. The highest BCUT2D eigenvalue weighted by molar-refractivity contribution is 5.86. The highest BCUT2D eigenvalue weighted by atomic mass is 16.1. The highest BCUT2D eigenvalue weighted by Crippen LogP contribution is 2.26. The Morgan fingerprint density at radius 1 is 1.43 bits per heavy atom. The minimum atomic E-state index is -0.820. The van der Waals surface area contributed by atoms with Crippen molar-refractivity contribution in [1.82, 2.24) is 10.2 Å². The Labute approximate surface area is 127 Å². The molecular weight excluding hydrogens is 262 g/mol. The SMILES string of the molecule is CC1CCN(CC(NC(C)C)(C(N)=O)c2ccccc2)C1. The van der Waals surface area contributed by atoms with E-state index in [1.165, 1.54) is 6.42 Å². The first kappa shape index (κ1) is 16.0. The van der Waals surface area contributed by atoms with E-state index in [-0.39, 0.29) is 11.9 Å². The number of carbonyl (C=O) groups is 1. The highest BCUT2D eigenvalue weighted by Gasteiger charge is 2.41. The number of carbonyl (C=O) groups excluding carboxylic acids is 1. The molecule has 0 aromatic heterocycles. The lowest BCUT2D eigenvalue weighted by Gasteiger charge is -2.37. The van der Waals surface area contributed by atoms with Crippen LogP contribution in [0.5, 0.6) is 0 Å². The number of nitrogens with two attached hydrogens (primary N) is 1. The molecule has 4 nitrogen and oxygen atoms in total. The van der Waals surface area contributed by atoms with Gasteiger partial charge < -0.3 is 10.6 Å². The maximum absolute atomic E-state index is 12.4. The average molecular weight is 289 g/mol. The van der Waals surface area contributed by atoms with Crippen molar-refractivity contribution < 1.29 is 4.79 Å². The monoisotopic (exact) mass is 289 g/mol. The molecular formula is C17H27N3O. The van der Waals surface area contributed by atoms with Crippen molar-refractivity contribution in [2.24, 2.45) is 11.7 Å². The van der Waals surface area contributed by atoms with Gasteiger partial charge in [-0.25, -0.2) is 0 Å². The van der Waals surface area contributed by atoms with E-state index in [1.807, 2.05) is 44.2 Å². The Hall–Kier alpha value is -1.39. The molecule has 2 unspecified atom stereocenters. The van der Waals surface area contributed by atoms with Crippen molar-refractivity contribution in [2.75, 3.05) is 19.6 Å². The van der Waals surface area contributed by atoms with E-state index in [4.69, 9.17) is 5.73 Å². The predicted molar refractivity (Wildman–Crippen MR) is 85.8 cm³/mol. The van der Waals surface area contributed by atoms with Gasteiger partial charge >= 0.3 is 0 Å². The van der Waals surface area contributed by atoms with Crippen LogP contribution in [0, 0.1) is 5.92 Å². The van der Waals surface area contributed by atoms with Crippen LogP contribution in [-0.2, 0) is 10.3 Å². The third kappa shape index (κ3) is 3.63. The van der Waals surface area contributed by atoms with Crippen LogP contribution in [0.4, 0.5) is 0 Å². The fraction of sp³-hybridized carbons (Fsp3) is 0.588. The molecule has 1 aliphatic heterocycles. The summed E-state index contributed by atoms with van der Waals surface area (Å²) in [4.78, 5) is 14.7. The van der Waals surface area contributed by atoms with E-state index in [2.05, 4.69) is 17.1 Å². The molecule has 1 saturated heterocycles. The smallest absolute Gasteiger partial charge is 0.243 e. The van der Waals surface area contributed by atoms with Crippen LogP contribution >= 0.6 is 0 Å². The van der Waals surface area contributed by atoms with Crippen LogP contribution in [0.15, 0.2) is 30.3 Å². The minimum Gasteiger partial charge on any atom is -0.368 e. The molecule has 1 aromatic carbocycles. The summed E-state index contributed by atoms with van der Waals surface area (Å²) in [6, 6.07) is 10.0. The van der Waals surface area contributed by atoms with Crippen molar-refractivity contribution >= 4 is 5.91 Å². The van der Waals surface area contributed by atoms with Crippen LogP contribution in [0.3, 0.4) is 0 Å². The summed E-state index contributed by atoms with van der Waals surface area (Å²) in [5.41, 5.74) is 5.97. The summed E-state index contributed by atoms with van der Waals surface area (Å²) >= 11 is 0. The van der Waals surface area contributed by atoms with Gasteiger partial charge in [0.05, 0.1) is 0 Å². The number of likely N-dealkylation sites (tertiary alicyclic amines) is 1. The maximum atomic E-state index is 12.4. The maximum Gasteiger partial charge on any atom is 0.243 e. The van der Waals surface area contributed by atoms with E-state index >= 15 is 0 Å². The molecule has 1 fully saturated rings. The number of primary amides is 1. The summed E-state index contributed by atoms with van der Waals surface area (Å²) in [6.45, 7) is 9.05. The molecule has 21 heavy (non-hydrogen) atoms. The molecule has 0 radical (unpaired) electrons. The third-order valence-electron chi connectivity index (χ3n) is 4.19. The van der Waals surface area contributed by atoms with Crippen LogP contribution < -0.4 is 11.1 Å². The fourth-order valence-corrected chi connectivity index (χ4v) is 3.23. The topological polar surface area (TPSA) is 58.4 Å². The molecule has 1 amide bonds. The Morgan fingerprint density at radius 3 is 2.57 bits per heavy atom. The number of benzene rings is 1. The molecule has 2 atom stereocenters. The molecule has 0 aliphatic carbocycles. The van der Waals surface area contributed by atoms with Gasteiger partial charge in [-0.15, -0.1) is 0 Å². The van der Waals surface area contributed by atoms with Crippen LogP contribution in [0.1, 0.15) is 32.8 Å². The Morgan fingerprint density at radius 2 is 2.10 bits per heavy atom. The molecule has 1 aliphatic rings. The fourth-order valence-electron chi connectivity index (χ4n) is 3.23. The molecule has 2 rings (SSSR count). The Kier molecular flexibility index (Phi) is 5.01. The standard InChI is InChI=1S/C17H27N3O/c1-13(2)19-17(16(18)21,15-7-5-4-6-8-15)12-20-10-9-14(3)11-20/h4-8,13-14,19H,9-12H2,1-3H3,(H2,18,21). The number of hydrogen-bond donors (Lipinski definition) is 2. The largest absolute Gasteiger partial charge is 0.368 e. The van der Waals surface area contributed by atoms with Gasteiger partial charge in [0, 0.05) is 19.1 Å². The van der Waals surface area contributed by atoms with Gasteiger partial charge in [-0.05, 0) is 38.3 Å². The van der Waals surface area contributed by atoms with Gasteiger partial charge in [0.1, 0.15) is 5.54 Å². The van der Waals surface area contributed by atoms with Crippen LogP contribution in [0.25, 0.3) is 0 Å². The first-order valence-corrected chi connectivity index (χ1v) is 7.79. The average Bonchev–Trinajstić information content (AvgIpc) is 2.83. The van der Waals surface area contributed by atoms with Crippen molar-refractivity contribution in [3.05, 3.63) is 35.9 Å². The van der Waals surface area contributed by atoms with Crippen molar-refractivity contribution in [1.29, 1.82) is 0 Å². The first-order chi connectivity index (χ1) is 9.94. The number of rotatable bonds is 6. The van der Waals surface area contributed by atoms with E-state index in [1.54, 1.807) is 0 Å². The van der Waals surface area contributed by atoms with Gasteiger partial charge in [-0.1, -0.05) is 37.3 Å². The van der Waals surface area contributed by atoms with Gasteiger partial charge in [-0.2, -0.15) is 0 Å². The normalized spacial score (nSPS) is 22.4. The zero-order valence-electron chi connectivity index (χ0n) is 13.3. The molecule has 3 N–H and O–H groups in total. The Bertz CT molecular complexity index is 474. The van der Waals surface area contributed by atoms with E-state index in [0.29, 0.717) is 12.5 Å². The number of nitrogens with zero attached hydrogens (tertiary/aromatic N) is 1. The lowest BCUT2D eigenvalue weighted by molar-refractivity contribution is -0.126. The summed E-state index contributed by atoms with van der Waals surface area (Å²) < 4.78 is 0. The molecule has 116 valence electrons. The number of amides is 1. The van der Waals surface area contributed by atoms with Crippen molar-refractivity contribution in [3.8, 4) is 0 Å². The Balaban J connectivity index is 2.34. The molecule has 1 heterocycles. The van der Waals surface area contributed by atoms with Gasteiger partial charge in [0.15, 0.2) is 0 Å². The van der Waals surface area contributed by atoms with Gasteiger partial charge in [0.2, 0.25) is 5.91 Å². The van der Waals surface area contributed by atoms with Crippen molar-refractivity contribution in [2.45, 2.75) is 38.8 Å². The molecule has 0 spiro atoms. The summed E-state index contributed by atoms with van der Waals surface area (Å²) in [6.07, 6.45) is 1.19. The zero-order chi connectivity index (χ0) is 15.5. The zero-order valence-corrected chi connectivity index (χ0v) is 13.3. The second kappa shape index (κ2) is 6.58. The van der Waals surface area contributed by atoms with E-state index < -0.39 is 5.54 Å². The minimum absolute atomic E-state index is 0.178.